The Hall–Kier alpha value is -2.84. The number of carbonyl (C=O) groups is 3. The van der Waals surface area contributed by atoms with Crippen LogP contribution in [0.4, 0.5) is 24.5 Å². The van der Waals surface area contributed by atoms with Crippen molar-refractivity contribution in [2.45, 2.75) is 12.6 Å². The standard InChI is InChI=1S/C20H20F3N3O3/c1-25(2)12-5-6-14(13(8-12)20(21,22)23)24-15(27)9-26-18(28)16-10-3-4-11(7-10)17(16)19(26)29/h3-6,8,10-11,16-17H,7,9H2,1-2H3,(H,24,27). The summed E-state index contributed by atoms with van der Waals surface area (Å²) in [5.74, 6) is -2.55. The fourth-order valence-corrected chi connectivity index (χ4v) is 4.61. The highest BCUT2D eigenvalue weighted by Crippen LogP contribution is 2.52. The summed E-state index contributed by atoms with van der Waals surface area (Å²) in [6.07, 6.45) is -0.0409. The summed E-state index contributed by atoms with van der Waals surface area (Å²) in [5.41, 5.74) is -1.07. The Morgan fingerprint density at radius 3 is 2.24 bits per heavy atom. The van der Waals surface area contributed by atoms with Gasteiger partial charge in [-0.05, 0) is 36.5 Å². The zero-order valence-corrected chi connectivity index (χ0v) is 15.9. The van der Waals surface area contributed by atoms with Crippen molar-refractivity contribution in [3.05, 3.63) is 35.9 Å². The number of anilines is 2. The Balaban J connectivity index is 1.51. The van der Waals surface area contributed by atoms with E-state index in [4.69, 9.17) is 0 Å². The van der Waals surface area contributed by atoms with Crippen LogP contribution in [0.15, 0.2) is 30.4 Å². The number of halogens is 3. The van der Waals surface area contributed by atoms with Crippen LogP contribution < -0.4 is 10.2 Å². The molecule has 1 aromatic carbocycles. The van der Waals surface area contributed by atoms with Crippen LogP contribution in [0.2, 0.25) is 0 Å². The van der Waals surface area contributed by atoms with Crippen molar-refractivity contribution in [2.24, 2.45) is 23.7 Å². The van der Waals surface area contributed by atoms with Gasteiger partial charge in [-0.3, -0.25) is 19.3 Å². The van der Waals surface area contributed by atoms with Crippen molar-refractivity contribution in [1.82, 2.24) is 4.90 Å². The van der Waals surface area contributed by atoms with Gasteiger partial charge in [0.2, 0.25) is 17.7 Å². The second kappa shape index (κ2) is 6.60. The average Bonchev–Trinajstić information content (AvgIpc) is 3.31. The van der Waals surface area contributed by atoms with Crippen molar-refractivity contribution in [3.8, 4) is 0 Å². The van der Waals surface area contributed by atoms with Crippen LogP contribution in [0, 0.1) is 23.7 Å². The van der Waals surface area contributed by atoms with Gasteiger partial charge >= 0.3 is 6.18 Å². The van der Waals surface area contributed by atoms with Crippen LogP contribution in [0.1, 0.15) is 12.0 Å². The quantitative estimate of drug-likeness (QED) is 0.615. The molecule has 2 bridgehead atoms. The number of hydrogen-bond acceptors (Lipinski definition) is 4. The Kier molecular flexibility index (Phi) is 4.43. The van der Waals surface area contributed by atoms with Gasteiger partial charge in [0.25, 0.3) is 0 Å². The number of nitrogens with zero attached hydrogens (tertiary/aromatic N) is 2. The molecular weight excluding hydrogens is 387 g/mol. The maximum atomic E-state index is 13.4. The highest BCUT2D eigenvalue weighted by atomic mass is 19.4. The summed E-state index contributed by atoms with van der Waals surface area (Å²) in [6.45, 7) is -0.586. The summed E-state index contributed by atoms with van der Waals surface area (Å²) in [6, 6.07) is 3.56. The second-order valence-corrected chi connectivity index (χ2v) is 7.93. The fourth-order valence-electron chi connectivity index (χ4n) is 4.61. The molecule has 3 aliphatic rings. The molecule has 1 aliphatic heterocycles. The molecule has 0 spiro atoms. The van der Waals surface area contributed by atoms with E-state index >= 15 is 0 Å². The molecule has 1 saturated heterocycles. The van der Waals surface area contributed by atoms with E-state index in [0.29, 0.717) is 5.69 Å². The van der Waals surface area contributed by atoms with Gasteiger partial charge in [-0.25, -0.2) is 0 Å². The lowest BCUT2D eigenvalue weighted by atomic mass is 9.85. The first-order chi connectivity index (χ1) is 13.6. The van der Waals surface area contributed by atoms with Crippen LogP contribution in [-0.4, -0.2) is 43.3 Å². The van der Waals surface area contributed by atoms with E-state index in [9.17, 15) is 27.6 Å². The highest BCUT2D eigenvalue weighted by Gasteiger charge is 2.59. The second-order valence-electron chi connectivity index (χ2n) is 7.93. The molecule has 9 heteroatoms. The van der Waals surface area contributed by atoms with Gasteiger partial charge in [-0.1, -0.05) is 12.2 Å². The lowest BCUT2D eigenvalue weighted by Crippen LogP contribution is -2.39. The number of hydrogen-bond donors (Lipinski definition) is 1. The van der Waals surface area contributed by atoms with E-state index in [1.54, 1.807) is 14.1 Å². The van der Waals surface area contributed by atoms with Crippen LogP contribution in [0.3, 0.4) is 0 Å². The molecule has 3 amide bonds. The van der Waals surface area contributed by atoms with Gasteiger partial charge in [0.15, 0.2) is 0 Å². The number of rotatable bonds is 4. The first kappa shape index (κ1) is 19.5. The minimum absolute atomic E-state index is 0.00456. The Bertz CT molecular complexity index is 895. The van der Waals surface area contributed by atoms with Gasteiger partial charge in [0, 0.05) is 19.8 Å². The first-order valence-corrected chi connectivity index (χ1v) is 9.30. The number of fused-ring (bicyclic) bond motifs is 5. The molecule has 0 aromatic heterocycles. The van der Waals surface area contributed by atoms with E-state index in [1.807, 2.05) is 12.2 Å². The van der Waals surface area contributed by atoms with Crippen LogP contribution >= 0.6 is 0 Å². The molecule has 2 aliphatic carbocycles. The molecule has 4 rings (SSSR count). The van der Waals surface area contributed by atoms with Crippen molar-refractivity contribution in [1.29, 1.82) is 0 Å². The van der Waals surface area contributed by atoms with Gasteiger partial charge < -0.3 is 10.2 Å². The van der Waals surface area contributed by atoms with E-state index in [2.05, 4.69) is 5.32 Å². The molecular formula is C20H20F3N3O3. The minimum Gasteiger partial charge on any atom is -0.378 e. The topological polar surface area (TPSA) is 69.7 Å². The highest BCUT2D eigenvalue weighted by molar-refractivity contribution is 6.09. The molecule has 1 heterocycles. The first-order valence-electron chi connectivity index (χ1n) is 9.30. The lowest BCUT2D eigenvalue weighted by molar-refractivity contribution is -0.143. The van der Waals surface area contributed by atoms with Crippen LogP contribution in [0.25, 0.3) is 0 Å². The maximum Gasteiger partial charge on any atom is 0.418 e. The monoisotopic (exact) mass is 407 g/mol. The number of allylic oxidation sites excluding steroid dienone is 2. The summed E-state index contributed by atoms with van der Waals surface area (Å²) in [5, 5.41) is 2.22. The molecule has 6 nitrogen and oxygen atoms in total. The number of nitrogens with one attached hydrogen (secondary N) is 1. The van der Waals surface area contributed by atoms with Crippen molar-refractivity contribution < 1.29 is 27.6 Å². The molecule has 154 valence electrons. The summed E-state index contributed by atoms with van der Waals surface area (Å²) in [4.78, 5) is 40.1. The van der Waals surface area contributed by atoms with Gasteiger partial charge in [-0.2, -0.15) is 13.2 Å². The Morgan fingerprint density at radius 1 is 1.14 bits per heavy atom. The predicted molar refractivity (Wildman–Crippen MR) is 98.8 cm³/mol. The molecule has 4 unspecified atom stereocenters. The molecule has 1 saturated carbocycles. The third-order valence-electron chi connectivity index (χ3n) is 5.96. The number of alkyl halides is 3. The maximum absolute atomic E-state index is 13.4. The van der Waals surface area contributed by atoms with Crippen LogP contribution in [0.5, 0.6) is 0 Å². The van der Waals surface area contributed by atoms with Gasteiger partial charge in [0.1, 0.15) is 6.54 Å². The molecule has 4 atom stereocenters. The van der Waals surface area contributed by atoms with Crippen molar-refractivity contribution in [3.63, 3.8) is 0 Å². The van der Waals surface area contributed by atoms with E-state index in [0.717, 1.165) is 17.4 Å². The molecule has 29 heavy (non-hydrogen) atoms. The van der Waals surface area contributed by atoms with Crippen LogP contribution in [-0.2, 0) is 20.6 Å². The Labute approximate surface area is 165 Å². The third kappa shape index (κ3) is 3.18. The number of amides is 3. The smallest absolute Gasteiger partial charge is 0.378 e. The number of carbonyl (C=O) groups excluding carboxylic acids is 3. The van der Waals surface area contributed by atoms with E-state index in [1.165, 1.54) is 17.0 Å². The van der Waals surface area contributed by atoms with Crippen molar-refractivity contribution in [2.75, 3.05) is 30.9 Å². The average molecular weight is 407 g/mol. The van der Waals surface area contributed by atoms with Crippen molar-refractivity contribution >= 4 is 29.1 Å². The number of benzene rings is 1. The molecule has 1 aromatic rings. The Morgan fingerprint density at radius 2 is 1.72 bits per heavy atom. The predicted octanol–water partition coefficient (Wildman–Crippen LogP) is 2.52. The molecule has 0 radical (unpaired) electrons. The molecule has 1 N–H and O–H groups in total. The zero-order chi connectivity index (χ0) is 21.1. The van der Waals surface area contributed by atoms with Gasteiger partial charge in [0.05, 0.1) is 23.1 Å². The van der Waals surface area contributed by atoms with E-state index in [-0.39, 0.29) is 11.8 Å². The fraction of sp³-hybridized carbons (Fsp3) is 0.450. The largest absolute Gasteiger partial charge is 0.418 e. The SMILES string of the molecule is CN(C)c1ccc(NC(=O)CN2C(=O)C3C4C=CC(C4)C3C2=O)c(C(F)(F)F)c1. The molecule has 2 fully saturated rings. The normalized spacial score (nSPS) is 27.6. The number of likely N-dealkylation sites (tertiary alicyclic amines) is 1. The third-order valence-corrected chi connectivity index (χ3v) is 5.96. The zero-order valence-electron chi connectivity index (χ0n) is 15.9. The lowest BCUT2D eigenvalue weighted by Gasteiger charge is -2.20. The summed E-state index contributed by atoms with van der Waals surface area (Å²) in [7, 11) is 3.22. The summed E-state index contributed by atoms with van der Waals surface area (Å²) < 4.78 is 40.3. The summed E-state index contributed by atoms with van der Waals surface area (Å²) >= 11 is 0. The van der Waals surface area contributed by atoms with E-state index < -0.39 is 53.5 Å². The minimum atomic E-state index is -4.67. The number of imide groups is 1. The van der Waals surface area contributed by atoms with Gasteiger partial charge in [-0.15, -0.1) is 0 Å².